The number of nitrogens with one attached hydrogen (secondary N) is 2. The Morgan fingerprint density at radius 1 is 1.15 bits per heavy atom. The molecule has 1 aliphatic heterocycles. The van der Waals surface area contributed by atoms with E-state index in [1.807, 2.05) is 20.8 Å². The van der Waals surface area contributed by atoms with Gasteiger partial charge in [-0.15, -0.1) is 11.3 Å². The molecule has 174 valence electrons. The minimum absolute atomic E-state index is 0.0326. The standard InChI is InChI=1S/C23H26FN5O3S/c1-13-20-14(2)25-15(3)26-23(20)33-21(13)22(31)27-16-4-5-17(24)18(12-16)28-19(30)6-7-29-8-10-32-11-9-29/h4-5,12H,6-11H2,1-3H3,(H,27,31)(H,28,30). The van der Waals surface area contributed by atoms with E-state index in [9.17, 15) is 14.0 Å². The molecule has 8 nitrogen and oxygen atoms in total. The highest BCUT2D eigenvalue weighted by atomic mass is 32.1. The Bertz CT molecular complexity index is 1210. The van der Waals surface area contributed by atoms with Crippen LogP contribution < -0.4 is 10.6 Å². The molecule has 0 unspecified atom stereocenters. The fourth-order valence-electron chi connectivity index (χ4n) is 3.87. The predicted octanol–water partition coefficient (Wildman–Crippen LogP) is 3.67. The average molecular weight is 472 g/mol. The Kier molecular flexibility index (Phi) is 6.96. The van der Waals surface area contributed by atoms with Crippen molar-refractivity contribution in [1.29, 1.82) is 0 Å². The van der Waals surface area contributed by atoms with Crippen molar-refractivity contribution in [2.24, 2.45) is 0 Å². The molecule has 33 heavy (non-hydrogen) atoms. The number of carbonyl (C=O) groups is 2. The summed E-state index contributed by atoms with van der Waals surface area (Å²) in [7, 11) is 0. The van der Waals surface area contributed by atoms with E-state index >= 15 is 0 Å². The zero-order valence-electron chi connectivity index (χ0n) is 18.8. The molecule has 4 rings (SSSR count). The van der Waals surface area contributed by atoms with Crippen LogP contribution in [0.5, 0.6) is 0 Å². The van der Waals surface area contributed by atoms with Gasteiger partial charge in [-0.05, 0) is 44.5 Å². The van der Waals surface area contributed by atoms with Crippen LogP contribution in [0.4, 0.5) is 15.8 Å². The largest absolute Gasteiger partial charge is 0.379 e. The van der Waals surface area contributed by atoms with E-state index < -0.39 is 5.82 Å². The van der Waals surface area contributed by atoms with Gasteiger partial charge in [-0.1, -0.05) is 0 Å². The number of nitrogens with zero attached hydrogens (tertiary/aromatic N) is 3. The first-order valence-electron chi connectivity index (χ1n) is 10.8. The lowest BCUT2D eigenvalue weighted by atomic mass is 10.1. The van der Waals surface area contributed by atoms with E-state index in [4.69, 9.17) is 4.74 Å². The zero-order valence-corrected chi connectivity index (χ0v) is 19.6. The Balaban J connectivity index is 1.44. The van der Waals surface area contributed by atoms with Crippen LogP contribution in [0.1, 0.15) is 33.2 Å². The lowest BCUT2D eigenvalue weighted by Crippen LogP contribution is -2.38. The van der Waals surface area contributed by atoms with Gasteiger partial charge in [0.05, 0.1) is 23.8 Å². The molecule has 0 radical (unpaired) electrons. The molecule has 10 heteroatoms. The maximum Gasteiger partial charge on any atom is 0.266 e. The third-order valence-corrected chi connectivity index (χ3v) is 6.73. The van der Waals surface area contributed by atoms with E-state index in [0.29, 0.717) is 36.1 Å². The summed E-state index contributed by atoms with van der Waals surface area (Å²) in [4.78, 5) is 37.5. The molecule has 1 aromatic carbocycles. The molecule has 1 saturated heterocycles. The molecular weight excluding hydrogens is 445 g/mol. The van der Waals surface area contributed by atoms with E-state index in [1.54, 1.807) is 0 Å². The Hall–Kier alpha value is -2.95. The van der Waals surface area contributed by atoms with Gasteiger partial charge >= 0.3 is 0 Å². The van der Waals surface area contributed by atoms with Gasteiger partial charge in [-0.2, -0.15) is 0 Å². The number of halogens is 1. The van der Waals surface area contributed by atoms with Crippen molar-refractivity contribution < 1.29 is 18.7 Å². The van der Waals surface area contributed by atoms with Crippen molar-refractivity contribution in [2.45, 2.75) is 27.2 Å². The number of morpholine rings is 1. The Morgan fingerprint density at radius 3 is 2.67 bits per heavy atom. The number of thiophene rings is 1. The van der Waals surface area contributed by atoms with Crippen LogP contribution in [0.15, 0.2) is 18.2 Å². The van der Waals surface area contributed by atoms with Gasteiger partial charge in [-0.3, -0.25) is 14.5 Å². The number of benzene rings is 1. The second-order valence-electron chi connectivity index (χ2n) is 7.99. The summed E-state index contributed by atoms with van der Waals surface area (Å²) in [6.07, 6.45) is 0.247. The van der Waals surface area contributed by atoms with Gasteiger partial charge in [0.1, 0.15) is 16.5 Å². The molecular formula is C23H26FN5O3S. The number of fused-ring (bicyclic) bond motifs is 1. The molecule has 0 saturated carbocycles. The molecule has 0 bridgehead atoms. The normalized spacial score (nSPS) is 14.4. The number of aryl methyl sites for hydroxylation is 3. The Labute approximate surface area is 195 Å². The van der Waals surface area contributed by atoms with Crippen LogP contribution in [0.25, 0.3) is 10.2 Å². The summed E-state index contributed by atoms with van der Waals surface area (Å²) in [5.74, 6) is -0.509. The number of carbonyl (C=O) groups excluding carboxylic acids is 2. The van der Waals surface area contributed by atoms with Gasteiger partial charge in [0.25, 0.3) is 5.91 Å². The fraction of sp³-hybridized carbons (Fsp3) is 0.391. The van der Waals surface area contributed by atoms with Crippen LogP contribution in [0.2, 0.25) is 0 Å². The summed E-state index contributed by atoms with van der Waals surface area (Å²) >= 11 is 1.30. The smallest absolute Gasteiger partial charge is 0.266 e. The monoisotopic (exact) mass is 471 g/mol. The summed E-state index contributed by atoms with van der Waals surface area (Å²) in [5.41, 5.74) is 2.06. The van der Waals surface area contributed by atoms with E-state index in [0.717, 1.165) is 34.6 Å². The predicted molar refractivity (Wildman–Crippen MR) is 126 cm³/mol. The highest BCUT2D eigenvalue weighted by Gasteiger charge is 2.19. The number of ether oxygens (including phenoxy) is 1. The number of aromatic nitrogens is 2. The minimum Gasteiger partial charge on any atom is -0.379 e. The highest BCUT2D eigenvalue weighted by Crippen LogP contribution is 2.32. The second-order valence-corrected chi connectivity index (χ2v) is 8.99. The average Bonchev–Trinajstić information content (AvgIpc) is 3.12. The summed E-state index contributed by atoms with van der Waals surface area (Å²) in [6, 6.07) is 4.12. The molecule has 1 aliphatic rings. The number of amides is 2. The van der Waals surface area contributed by atoms with E-state index in [1.165, 1.54) is 29.5 Å². The Morgan fingerprint density at radius 2 is 1.91 bits per heavy atom. The van der Waals surface area contributed by atoms with Crippen molar-refractivity contribution in [3.63, 3.8) is 0 Å². The van der Waals surface area contributed by atoms with Crippen LogP contribution in [-0.2, 0) is 9.53 Å². The van der Waals surface area contributed by atoms with Gasteiger partial charge in [0.2, 0.25) is 5.91 Å². The molecule has 2 amide bonds. The molecule has 3 aromatic rings. The number of hydrogen-bond acceptors (Lipinski definition) is 7. The SMILES string of the molecule is Cc1nc(C)c2c(C)c(C(=O)Nc3ccc(F)c(NC(=O)CCN4CCOCC4)c3)sc2n1. The highest BCUT2D eigenvalue weighted by molar-refractivity contribution is 7.20. The quantitative estimate of drug-likeness (QED) is 0.570. The third kappa shape index (κ3) is 5.35. The van der Waals surface area contributed by atoms with Crippen molar-refractivity contribution in [3.05, 3.63) is 46.0 Å². The van der Waals surface area contributed by atoms with Crippen molar-refractivity contribution >= 4 is 44.7 Å². The van der Waals surface area contributed by atoms with E-state index in [-0.39, 0.29) is 23.9 Å². The molecule has 0 spiro atoms. The number of anilines is 2. The first-order chi connectivity index (χ1) is 15.8. The first kappa shape index (κ1) is 23.2. The molecule has 3 heterocycles. The second kappa shape index (κ2) is 9.90. The molecule has 2 aromatic heterocycles. The summed E-state index contributed by atoms with van der Waals surface area (Å²) in [5, 5.41) is 6.29. The van der Waals surface area contributed by atoms with Gasteiger partial charge in [-0.25, -0.2) is 14.4 Å². The van der Waals surface area contributed by atoms with Crippen molar-refractivity contribution in [2.75, 3.05) is 43.5 Å². The van der Waals surface area contributed by atoms with Crippen molar-refractivity contribution in [3.8, 4) is 0 Å². The summed E-state index contributed by atoms with van der Waals surface area (Å²) in [6.45, 7) is 9.04. The lowest BCUT2D eigenvalue weighted by molar-refractivity contribution is -0.116. The number of hydrogen-bond donors (Lipinski definition) is 2. The van der Waals surface area contributed by atoms with Gasteiger partial charge in [0, 0.05) is 42.8 Å². The topological polar surface area (TPSA) is 96.5 Å². The minimum atomic E-state index is -0.563. The van der Waals surface area contributed by atoms with Crippen LogP contribution in [0.3, 0.4) is 0 Å². The lowest BCUT2D eigenvalue weighted by Gasteiger charge is -2.26. The van der Waals surface area contributed by atoms with Crippen LogP contribution in [0, 0.1) is 26.6 Å². The third-order valence-electron chi connectivity index (χ3n) is 5.55. The fourth-order valence-corrected chi connectivity index (χ4v) is 5.05. The zero-order chi connectivity index (χ0) is 23.5. The molecule has 1 fully saturated rings. The molecule has 0 aliphatic carbocycles. The van der Waals surface area contributed by atoms with Crippen LogP contribution >= 0.6 is 11.3 Å². The van der Waals surface area contributed by atoms with Crippen molar-refractivity contribution in [1.82, 2.24) is 14.9 Å². The summed E-state index contributed by atoms with van der Waals surface area (Å²) < 4.78 is 19.6. The van der Waals surface area contributed by atoms with E-state index in [2.05, 4.69) is 25.5 Å². The van der Waals surface area contributed by atoms with Gasteiger partial charge < -0.3 is 15.4 Å². The maximum atomic E-state index is 14.3. The van der Waals surface area contributed by atoms with Crippen LogP contribution in [-0.4, -0.2) is 59.5 Å². The maximum absolute atomic E-state index is 14.3. The molecule has 2 N–H and O–H groups in total. The molecule has 0 atom stereocenters. The first-order valence-corrected chi connectivity index (χ1v) is 11.6. The number of rotatable bonds is 6. The van der Waals surface area contributed by atoms with Gasteiger partial charge in [0.15, 0.2) is 0 Å².